The zero-order valence-electron chi connectivity index (χ0n) is 14.9. The Morgan fingerprint density at radius 2 is 2.27 bits per heavy atom. The van der Waals surface area contributed by atoms with E-state index in [4.69, 9.17) is 13.7 Å². The van der Waals surface area contributed by atoms with Crippen molar-refractivity contribution in [2.45, 2.75) is 32.9 Å². The quantitative estimate of drug-likeness (QED) is 0.762. The smallest absolute Gasteiger partial charge is 0.289 e. The Kier molecular flexibility index (Phi) is 5.67. The van der Waals surface area contributed by atoms with Crippen molar-refractivity contribution in [2.75, 3.05) is 26.3 Å². The molecule has 0 N–H and O–H groups in total. The molecule has 1 saturated heterocycles. The molecular weight excluding hydrogens is 340 g/mol. The fraction of sp³-hybridized carbons (Fsp3) is 0.529. The Labute approximate surface area is 150 Å². The standard InChI is InChI=1S/C17H22N4O5/c1-3-20(10-15-18-12(2)19-26-15)16(22)9-13-11-24-8-6-21(13)17(23)14-5-4-7-25-14/h4-5,7,13H,3,6,8-11H2,1-2H3. The molecule has 0 aliphatic carbocycles. The molecule has 2 amide bonds. The number of hydrogen-bond acceptors (Lipinski definition) is 7. The van der Waals surface area contributed by atoms with Gasteiger partial charge in [0.2, 0.25) is 11.8 Å². The lowest BCUT2D eigenvalue weighted by Crippen LogP contribution is -2.50. The number of aromatic nitrogens is 2. The number of hydrogen-bond donors (Lipinski definition) is 0. The van der Waals surface area contributed by atoms with Gasteiger partial charge in [0, 0.05) is 19.5 Å². The van der Waals surface area contributed by atoms with E-state index in [0.717, 1.165) is 0 Å². The van der Waals surface area contributed by atoms with Gasteiger partial charge in [-0.25, -0.2) is 0 Å². The minimum atomic E-state index is -0.340. The van der Waals surface area contributed by atoms with Crippen molar-refractivity contribution in [1.29, 1.82) is 0 Å². The van der Waals surface area contributed by atoms with Crippen molar-refractivity contribution >= 4 is 11.8 Å². The van der Waals surface area contributed by atoms with Gasteiger partial charge in [0.25, 0.3) is 5.91 Å². The molecule has 1 fully saturated rings. The first kappa shape index (κ1) is 18.1. The van der Waals surface area contributed by atoms with E-state index in [-0.39, 0.29) is 36.6 Å². The predicted octanol–water partition coefficient (Wildman–Crippen LogP) is 1.25. The van der Waals surface area contributed by atoms with Crippen molar-refractivity contribution in [1.82, 2.24) is 19.9 Å². The van der Waals surface area contributed by atoms with Gasteiger partial charge >= 0.3 is 0 Å². The predicted molar refractivity (Wildman–Crippen MR) is 89.1 cm³/mol. The Bertz CT molecular complexity index is 742. The molecule has 1 aliphatic heterocycles. The number of ether oxygens (including phenoxy) is 1. The van der Waals surface area contributed by atoms with Gasteiger partial charge in [-0.05, 0) is 26.0 Å². The van der Waals surface area contributed by atoms with Crippen LogP contribution in [0.3, 0.4) is 0 Å². The first-order valence-electron chi connectivity index (χ1n) is 8.57. The third-order valence-corrected chi connectivity index (χ3v) is 4.26. The summed E-state index contributed by atoms with van der Waals surface area (Å²) in [4.78, 5) is 32.7. The number of morpholine rings is 1. The highest BCUT2D eigenvalue weighted by molar-refractivity contribution is 5.92. The van der Waals surface area contributed by atoms with Crippen LogP contribution < -0.4 is 0 Å². The van der Waals surface area contributed by atoms with Crippen LogP contribution in [0.4, 0.5) is 0 Å². The van der Waals surface area contributed by atoms with Gasteiger partial charge in [-0.15, -0.1) is 0 Å². The molecule has 26 heavy (non-hydrogen) atoms. The van der Waals surface area contributed by atoms with Gasteiger partial charge in [0.1, 0.15) is 0 Å². The number of furan rings is 1. The summed E-state index contributed by atoms with van der Waals surface area (Å²) in [5, 5.41) is 3.74. The summed E-state index contributed by atoms with van der Waals surface area (Å²) in [6.45, 7) is 5.53. The minimum absolute atomic E-state index is 0.101. The molecule has 0 radical (unpaired) electrons. The summed E-state index contributed by atoms with van der Waals surface area (Å²) < 4.78 is 15.8. The fourth-order valence-corrected chi connectivity index (χ4v) is 2.91. The maximum atomic E-state index is 12.7. The molecule has 1 atom stereocenters. The third-order valence-electron chi connectivity index (χ3n) is 4.26. The number of carbonyl (C=O) groups is 2. The van der Waals surface area contributed by atoms with Crippen LogP contribution in [0, 0.1) is 6.92 Å². The van der Waals surface area contributed by atoms with Crippen LogP contribution in [-0.4, -0.2) is 64.1 Å². The van der Waals surface area contributed by atoms with E-state index in [2.05, 4.69) is 10.1 Å². The lowest BCUT2D eigenvalue weighted by Gasteiger charge is -2.35. The molecule has 3 heterocycles. The molecule has 1 aliphatic rings. The van der Waals surface area contributed by atoms with Crippen molar-refractivity contribution < 1.29 is 23.3 Å². The molecule has 9 heteroatoms. The lowest BCUT2D eigenvalue weighted by atomic mass is 10.1. The average molecular weight is 362 g/mol. The van der Waals surface area contributed by atoms with Crippen molar-refractivity contribution in [3.63, 3.8) is 0 Å². The fourth-order valence-electron chi connectivity index (χ4n) is 2.91. The highest BCUT2D eigenvalue weighted by atomic mass is 16.5. The Morgan fingerprint density at radius 3 is 2.92 bits per heavy atom. The first-order chi connectivity index (χ1) is 12.6. The van der Waals surface area contributed by atoms with Gasteiger partial charge in [0.05, 0.1) is 32.1 Å². The molecule has 2 aromatic heterocycles. The van der Waals surface area contributed by atoms with Crippen molar-refractivity contribution in [2.24, 2.45) is 0 Å². The van der Waals surface area contributed by atoms with E-state index in [1.807, 2.05) is 6.92 Å². The van der Waals surface area contributed by atoms with Crippen LogP contribution in [0.25, 0.3) is 0 Å². The monoisotopic (exact) mass is 362 g/mol. The zero-order valence-corrected chi connectivity index (χ0v) is 14.9. The van der Waals surface area contributed by atoms with Crippen LogP contribution >= 0.6 is 0 Å². The van der Waals surface area contributed by atoms with E-state index in [0.29, 0.717) is 38.0 Å². The van der Waals surface area contributed by atoms with Gasteiger partial charge in [-0.2, -0.15) is 4.98 Å². The van der Waals surface area contributed by atoms with Crippen LogP contribution in [0.2, 0.25) is 0 Å². The summed E-state index contributed by atoms with van der Waals surface area (Å²) >= 11 is 0. The molecule has 3 rings (SSSR count). The van der Waals surface area contributed by atoms with Crippen LogP contribution in [0.5, 0.6) is 0 Å². The van der Waals surface area contributed by atoms with Crippen LogP contribution in [-0.2, 0) is 16.1 Å². The van der Waals surface area contributed by atoms with Crippen LogP contribution in [0.1, 0.15) is 35.6 Å². The molecule has 140 valence electrons. The molecule has 0 bridgehead atoms. The van der Waals surface area contributed by atoms with E-state index in [1.165, 1.54) is 6.26 Å². The summed E-state index contributed by atoms with van der Waals surface area (Å²) in [6, 6.07) is 2.94. The highest BCUT2D eigenvalue weighted by Crippen LogP contribution is 2.17. The van der Waals surface area contributed by atoms with Gasteiger partial charge < -0.3 is 23.5 Å². The number of rotatable bonds is 6. The average Bonchev–Trinajstić information content (AvgIpc) is 3.31. The minimum Gasteiger partial charge on any atom is -0.459 e. The topological polar surface area (TPSA) is 102 Å². The lowest BCUT2D eigenvalue weighted by molar-refractivity contribution is -0.134. The third kappa shape index (κ3) is 4.10. The van der Waals surface area contributed by atoms with E-state index in [9.17, 15) is 9.59 Å². The maximum Gasteiger partial charge on any atom is 0.289 e. The van der Waals surface area contributed by atoms with E-state index >= 15 is 0 Å². The Hall–Kier alpha value is -2.68. The molecule has 9 nitrogen and oxygen atoms in total. The zero-order chi connectivity index (χ0) is 18.5. The molecule has 2 aromatic rings. The summed E-state index contributed by atoms with van der Waals surface area (Å²) in [6.07, 6.45) is 1.62. The summed E-state index contributed by atoms with van der Waals surface area (Å²) in [5.74, 6) is 0.848. The van der Waals surface area contributed by atoms with Gasteiger partial charge in [0.15, 0.2) is 11.6 Å². The first-order valence-corrected chi connectivity index (χ1v) is 8.57. The summed E-state index contributed by atoms with van der Waals surface area (Å²) in [7, 11) is 0. The molecule has 0 spiro atoms. The molecule has 0 aromatic carbocycles. The van der Waals surface area contributed by atoms with Crippen molar-refractivity contribution in [3.8, 4) is 0 Å². The van der Waals surface area contributed by atoms with E-state index in [1.54, 1.807) is 28.9 Å². The number of aryl methyl sites for hydroxylation is 1. The Balaban J connectivity index is 1.66. The largest absolute Gasteiger partial charge is 0.459 e. The second kappa shape index (κ2) is 8.13. The SMILES string of the molecule is CCN(Cc1nc(C)no1)C(=O)CC1COCCN1C(=O)c1ccco1. The second-order valence-electron chi connectivity index (χ2n) is 6.05. The molecular formula is C17H22N4O5. The van der Waals surface area contributed by atoms with E-state index < -0.39 is 0 Å². The number of nitrogens with zero attached hydrogens (tertiary/aromatic N) is 4. The molecule has 1 unspecified atom stereocenters. The van der Waals surface area contributed by atoms with Crippen LogP contribution in [0.15, 0.2) is 27.3 Å². The normalized spacial score (nSPS) is 17.3. The number of carbonyl (C=O) groups excluding carboxylic acids is 2. The number of amides is 2. The highest BCUT2D eigenvalue weighted by Gasteiger charge is 2.32. The maximum absolute atomic E-state index is 12.7. The Morgan fingerprint density at radius 1 is 1.42 bits per heavy atom. The second-order valence-corrected chi connectivity index (χ2v) is 6.05. The van der Waals surface area contributed by atoms with Gasteiger partial charge in [-0.1, -0.05) is 5.16 Å². The van der Waals surface area contributed by atoms with Gasteiger partial charge in [-0.3, -0.25) is 9.59 Å². The molecule has 0 saturated carbocycles. The summed E-state index contributed by atoms with van der Waals surface area (Å²) in [5.41, 5.74) is 0. The van der Waals surface area contributed by atoms with Crippen molar-refractivity contribution in [3.05, 3.63) is 35.9 Å².